The Morgan fingerprint density at radius 3 is 0.760 bits per heavy atom. The molecule has 4 aromatic heterocycles. The van der Waals surface area contributed by atoms with Gasteiger partial charge in [0.2, 0.25) is 0 Å². The molecule has 0 aliphatic carbocycles. The van der Waals surface area contributed by atoms with Crippen LogP contribution in [0.15, 0.2) is 98.1 Å². The van der Waals surface area contributed by atoms with Crippen molar-refractivity contribution in [1.82, 2.24) is 0 Å². The van der Waals surface area contributed by atoms with Crippen LogP contribution < -0.4 is 66.2 Å². The molecule has 50 heavy (non-hydrogen) atoms. The summed E-state index contributed by atoms with van der Waals surface area (Å²) in [6.07, 6.45) is 25.0. The van der Waals surface area contributed by atoms with E-state index >= 15 is 0 Å². The molecule has 4 nitrogen and oxygen atoms in total. The molecular weight excluding hydrogens is 960 g/mol. The van der Waals surface area contributed by atoms with Gasteiger partial charge in [-0.2, -0.15) is 0 Å². The standard InChI is InChI=1S/C30H38N4.2F6P.2HI/c1-31-19-9-27(10-20-31)29-13-23-33(24-14-29)17-7-5-3-4-6-8-18-34-25-15-30(16-26-34)28-11-21-32(2)22-12-28;2*1-7(2,3,4,5)6;;/h9-16,19-26H,3-8,17-18H2,1-2H3;;;2*1H/q+4;2*-1;;/p-2. The molecule has 0 spiro atoms. The topological polar surface area (TPSA) is 15.5 Å². The zero-order chi connectivity index (χ0) is 36.4. The van der Waals surface area contributed by atoms with Crippen LogP contribution in [0.4, 0.5) is 50.4 Å². The van der Waals surface area contributed by atoms with Crippen molar-refractivity contribution in [2.75, 3.05) is 0 Å². The molecule has 0 saturated heterocycles. The largest absolute Gasteiger partial charge is 1.00 e. The molecule has 0 saturated carbocycles. The molecule has 0 aliphatic heterocycles. The Kier molecular flexibility index (Phi) is 16.6. The van der Waals surface area contributed by atoms with E-state index in [0.717, 1.165) is 13.1 Å². The molecule has 0 atom stereocenters. The molecule has 4 aromatic rings. The Morgan fingerprint density at radius 1 is 0.360 bits per heavy atom. The van der Waals surface area contributed by atoms with Gasteiger partial charge in [-0.05, 0) is 35.1 Å². The Labute approximate surface area is 316 Å². The number of aromatic nitrogens is 4. The van der Waals surface area contributed by atoms with Gasteiger partial charge in [-0.3, -0.25) is 0 Å². The summed E-state index contributed by atoms with van der Waals surface area (Å²) in [7, 11) is -17.2. The van der Waals surface area contributed by atoms with E-state index in [2.05, 4.69) is 116 Å². The van der Waals surface area contributed by atoms with Crippen molar-refractivity contribution in [1.29, 1.82) is 0 Å². The number of pyridine rings is 4. The SMILES string of the molecule is C[n+]1ccc(-c2cc[n+](CCCCCCCC[n+]3ccc(-c4cc[n+](C)cc4)cc3)cc2)cc1.F[P-](F)(F)(F)(F)F.F[P-](F)(F)(F)(F)F.[I-].[I-]. The zero-order valence-corrected chi connectivity index (χ0v) is 33.0. The van der Waals surface area contributed by atoms with Crippen LogP contribution in [0.3, 0.4) is 0 Å². The first-order valence-corrected chi connectivity index (χ1v) is 18.7. The van der Waals surface area contributed by atoms with Gasteiger partial charge in [0.1, 0.15) is 27.2 Å². The maximum Gasteiger partial charge on any atom is -1.00 e. The molecule has 0 bridgehead atoms. The number of rotatable bonds is 11. The van der Waals surface area contributed by atoms with Crippen LogP contribution in [-0.2, 0) is 27.2 Å². The Morgan fingerprint density at radius 2 is 0.540 bits per heavy atom. The molecule has 4 rings (SSSR count). The Hall–Kier alpha value is -1.92. The fraction of sp³-hybridized carbons (Fsp3) is 0.333. The summed E-state index contributed by atoms with van der Waals surface area (Å²) in [4.78, 5) is 0. The van der Waals surface area contributed by atoms with Crippen molar-refractivity contribution in [2.45, 2.75) is 51.6 Å². The van der Waals surface area contributed by atoms with Crippen molar-refractivity contribution >= 4 is 15.6 Å². The number of halogens is 14. The van der Waals surface area contributed by atoms with E-state index in [1.807, 2.05) is 14.1 Å². The van der Waals surface area contributed by atoms with Crippen LogP contribution in [0.5, 0.6) is 0 Å². The minimum Gasteiger partial charge on any atom is -1.00 e. The van der Waals surface area contributed by atoms with Crippen molar-refractivity contribution in [3.8, 4) is 22.3 Å². The number of hydrogen-bond donors (Lipinski definition) is 0. The van der Waals surface area contributed by atoms with Crippen LogP contribution in [0.25, 0.3) is 22.3 Å². The van der Waals surface area contributed by atoms with Gasteiger partial charge in [0.25, 0.3) is 0 Å². The van der Waals surface area contributed by atoms with E-state index in [4.69, 9.17) is 0 Å². The molecule has 20 heteroatoms. The normalized spacial score (nSPS) is 14.0. The van der Waals surface area contributed by atoms with Crippen molar-refractivity contribution in [3.63, 3.8) is 0 Å². The van der Waals surface area contributed by atoms with E-state index in [-0.39, 0.29) is 48.0 Å². The summed E-state index contributed by atoms with van der Waals surface area (Å²) in [5.41, 5.74) is 5.09. The van der Waals surface area contributed by atoms with E-state index in [1.54, 1.807) is 0 Å². The fourth-order valence-corrected chi connectivity index (χ4v) is 4.28. The fourth-order valence-electron chi connectivity index (χ4n) is 4.28. The van der Waals surface area contributed by atoms with Gasteiger partial charge in [-0.25, -0.2) is 18.3 Å². The second kappa shape index (κ2) is 17.3. The predicted octanol–water partition coefficient (Wildman–Crippen LogP) is 5.06. The molecule has 0 aromatic carbocycles. The zero-order valence-electron chi connectivity index (χ0n) is 26.9. The molecule has 0 N–H and O–H groups in total. The van der Waals surface area contributed by atoms with Gasteiger partial charge >= 0.3 is 66.0 Å². The van der Waals surface area contributed by atoms with Crippen LogP contribution in [-0.4, -0.2) is 0 Å². The Balaban J connectivity index is 0.00000127. The number of unbranched alkanes of at least 4 members (excludes halogenated alkanes) is 5. The molecule has 0 aliphatic rings. The number of hydrogen-bond acceptors (Lipinski definition) is 0. The molecule has 286 valence electrons. The minimum atomic E-state index is -10.7. The first kappa shape index (κ1) is 48.1. The molecule has 0 amide bonds. The van der Waals surface area contributed by atoms with Gasteiger partial charge in [0.15, 0.2) is 49.6 Å². The van der Waals surface area contributed by atoms with Crippen molar-refractivity contribution in [2.24, 2.45) is 14.1 Å². The summed E-state index contributed by atoms with van der Waals surface area (Å²) in [6, 6.07) is 17.5. The number of aryl methyl sites for hydroxylation is 4. The van der Waals surface area contributed by atoms with E-state index in [9.17, 15) is 50.4 Å². The van der Waals surface area contributed by atoms with Gasteiger partial charge in [0, 0.05) is 61.4 Å². The summed E-state index contributed by atoms with van der Waals surface area (Å²) in [5, 5.41) is 0. The minimum absolute atomic E-state index is 0. The molecular formula is C30H38F12I2N4P2. The maximum absolute atomic E-state index is 10.7. The van der Waals surface area contributed by atoms with Crippen molar-refractivity contribution < 1.29 is 117 Å². The summed E-state index contributed by atoms with van der Waals surface area (Å²) in [6.45, 7) is 2.21. The second-order valence-corrected chi connectivity index (χ2v) is 15.0. The quantitative estimate of drug-likeness (QED) is 0.0658. The monoisotopic (exact) mass is 998 g/mol. The first-order valence-electron chi connectivity index (χ1n) is 14.6. The first-order chi connectivity index (χ1) is 21.6. The van der Waals surface area contributed by atoms with Gasteiger partial charge < -0.3 is 48.0 Å². The third kappa shape index (κ3) is 28.7. The Bertz CT molecular complexity index is 1450. The van der Waals surface area contributed by atoms with E-state index in [0.29, 0.717) is 0 Å². The molecule has 0 unspecified atom stereocenters. The van der Waals surface area contributed by atoms with Crippen LogP contribution in [0, 0.1) is 0 Å². The van der Waals surface area contributed by atoms with Gasteiger partial charge in [-0.1, -0.05) is 12.8 Å². The van der Waals surface area contributed by atoms with Gasteiger partial charge in [0.05, 0.1) is 0 Å². The average Bonchev–Trinajstić information content (AvgIpc) is 2.93. The van der Waals surface area contributed by atoms with Gasteiger partial charge in [-0.15, -0.1) is 0 Å². The smallest absolute Gasteiger partial charge is 1.00 e. The average molecular weight is 998 g/mol. The van der Waals surface area contributed by atoms with E-state index in [1.165, 1.54) is 60.8 Å². The summed E-state index contributed by atoms with van der Waals surface area (Å²) >= 11 is 0. The van der Waals surface area contributed by atoms with Crippen LogP contribution in [0.2, 0.25) is 0 Å². The summed E-state index contributed by atoms with van der Waals surface area (Å²) < 4.78 is 127. The van der Waals surface area contributed by atoms with Crippen LogP contribution >= 0.6 is 15.6 Å². The predicted molar refractivity (Wildman–Crippen MR) is 161 cm³/mol. The second-order valence-electron chi connectivity index (χ2n) is 11.2. The maximum atomic E-state index is 9.87. The van der Waals surface area contributed by atoms with Crippen molar-refractivity contribution in [3.05, 3.63) is 98.1 Å². The molecule has 4 heterocycles. The third-order valence-electron chi connectivity index (χ3n) is 6.49. The number of nitrogens with zero attached hydrogens (tertiary/aromatic N) is 4. The summed E-state index contributed by atoms with van der Waals surface area (Å²) in [5.74, 6) is 0. The van der Waals surface area contributed by atoms with Crippen LogP contribution in [0.1, 0.15) is 38.5 Å². The molecule has 0 radical (unpaired) electrons. The molecule has 0 fully saturated rings. The third-order valence-corrected chi connectivity index (χ3v) is 6.49. The van der Waals surface area contributed by atoms with E-state index < -0.39 is 15.6 Å².